The highest BCUT2D eigenvalue weighted by atomic mass is 19.3. The van der Waals surface area contributed by atoms with Crippen LogP contribution in [-0.4, -0.2) is 25.3 Å². The summed E-state index contributed by atoms with van der Waals surface area (Å²) >= 11 is 0. The third kappa shape index (κ3) is 5.84. The number of alkyl halides is 2. The number of carbonyl (C=O) groups is 1. The molecule has 1 N–H and O–H groups in total. The zero-order chi connectivity index (χ0) is 18.9. The van der Waals surface area contributed by atoms with E-state index >= 15 is 0 Å². The quantitative estimate of drug-likeness (QED) is 0.559. The summed E-state index contributed by atoms with van der Waals surface area (Å²) in [5, 5.41) is 6.40. The largest absolute Gasteiger partial charge is 0.434 e. The molecule has 0 heterocycles. The molecule has 1 amide bonds. The van der Waals surface area contributed by atoms with E-state index in [0.717, 1.165) is 11.3 Å². The molecule has 0 aliphatic heterocycles. The summed E-state index contributed by atoms with van der Waals surface area (Å²) in [5.74, 6) is -0.130. The number of benzene rings is 2. The summed E-state index contributed by atoms with van der Waals surface area (Å²) in [5.41, 5.74) is 2.05. The van der Waals surface area contributed by atoms with Crippen LogP contribution in [0.1, 0.15) is 30.9 Å². The van der Waals surface area contributed by atoms with Gasteiger partial charge in [0.25, 0.3) is 5.91 Å². The van der Waals surface area contributed by atoms with Gasteiger partial charge in [0, 0.05) is 11.3 Å². The average Bonchev–Trinajstić information content (AvgIpc) is 2.60. The Hall–Kier alpha value is -2.96. The molecule has 2 aromatic rings. The molecule has 0 unspecified atom stereocenters. The Kier molecular flexibility index (Phi) is 7.08. The van der Waals surface area contributed by atoms with E-state index in [0.29, 0.717) is 5.56 Å². The number of nitrogens with zero attached hydrogens (tertiary/aromatic N) is 1. The van der Waals surface area contributed by atoms with Crippen LogP contribution >= 0.6 is 0 Å². The Balaban J connectivity index is 1.90. The van der Waals surface area contributed by atoms with Gasteiger partial charge in [-0.15, -0.1) is 0 Å². The summed E-state index contributed by atoms with van der Waals surface area (Å²) < 4.78 is 29.1. The highest BCUT2D eigenvalue weighted by Gasteiger charge is 2.10. The van der Waals surface area contributed by atoms with Gasteiger partial charge in [-0.3, -0.25) is 4.79 Å². The number of carbonyl (C=O) groups excluding carboxylic acids is 1. The molecule has 26 heavy (non-hydrogen) atoms. The Bertz CT molecular complexity index is 764. The second-order valence-electron chi connectivity index (χ2n) is 5.71. The van der Waals surface area contributed by atoms with Crippen molar-refractivity contribution in [3.05, 3.63) is 59.7 Å². The van der Waals surface area contributed by atoms with Gasteiger partial charge in [-0.25, -0.2) is 0 Å². The second-order valence-corrected chi connectivity index (χ2v) is 5.71. The van der Waals surface area contributed by atoms with Crippen molar-refractivity contribution in [2.75, 3.05) is 11.9 Å². The predicted octanol–water partition coefficient (Wildman–Crippen LogP) is 4.40. The molecule has 0 bridgehead atoms. The minimum absolute atomic E-state index is 0.0230. The maximum absolute atomic E-state index is 12.3. The lowest BCUT2D eigenvalue weighted by molar-refractivity contribution is -0.120. The van der Waals surface area contributed by atoms with Gasteiger partial charge < -0.3 is 14.9 Å². The van der Waals surface area contributed by atoms with Crippen LogP contribution in [0.15, 0.2) is 53.7 Å². The highest BCUT2D eigenvalue weighted by molar-refractivity contribution is 5.92. The molecule has 138 valence electrons. The Morgan fingerprint density at radius 3 is 2.58 bits per heavy atom. The summed E-state index contributed by atoms with van der Waals surface area (Å²) in [6.07, 6.45) is 1.22. The fraction of sp³-hybridized carbons (Fsp3) is 0.263. The molecule has 0 radical (unpaired) electrons. The lowest BCUT2D eigenvalue weighted by Crippen LogP contribution is -2.18. The Labute approximate surface area is 150 Å². The zero-order valence-electron chi connectivity index (χ0n) is 14.5. The maximum atomic E-state index is 12.3. The smallest absolute Gasteiger partial charge is 0.387 e. The first-order valence-electron chi connectivity index (χ1n) is 8.05. The molecular formula is C19H20F2N2O3. The van der Waals surface area contributed by atoms with Gasteiger partial charge in [-0.05, 0) is 29.7 Å². The summed E-state index contributed by atoms with van der Waals surface area (Å²) in [6.45, 7) is 0.827. The molecule has 2 rings (SSSR count). The van der Waals surface area contributed by atoms with E-state index in [-0.39, 0.29) is 24.2 Å². The van der Waals surface area contributed by atoms with Crippen LogP contribution in [0.5, 0.6) is 5.75 Å². The van der Waals surface area contributed by atoms with Gasteiger partial charge in [0.05, 0.1) is 6.21 Å². The number of amides is 1. The van der Waals surface area contributed by atoms with Crippen LogP contribution in [0.2, 0.25) is 0 Å². The van der Waals surface area contributed by atoms with Crippen molar-refractivity contribution >= 4 is 17.8 Å². The van der Waals surface area contributed by atoms with Crippen LogP contribution in [-0.2, 0) is 9.63 Å². The summed E-state index contributed by atoms with van der Waals surface area (Å²) in [4.78, 5) is 16.9. The van der Waals surface area contributed by atoms with Crippen molar-refractivity contribution in [3.8, 4) is 5.75 Å². The minimum atomic E-state index is -2.93. The van der Waals surface area contributed by atoms with Crippen LogP contribution in [0.25, 0.3) is 0 Å². The number of halogens is 2. The molecule has 0 fully saturated rings. The third-order valence-corrected chi connectivity index (χ3v) is 3.45. The standard InChI is InChI=1S/C19H20F2N2O3/c1-13(2)15-8-4-5-9-16(15)23-18(24)12-25-22-11-14-7-3-6-10-17(14)26-19(20)21/h3-11,13,19H,12H2,1-2H3,(H,23,24)/b22-11-. The lowest BCUT2D eigenvalue weighted by atomic mass is 10.0. The van der Waals surface area contributed by atoms with Crippen LogP contribution in [0.4, 0.5) is 14.5 Å². The minimum Gasteiger partial charge on any atom is -0.434 e. The van der Waals surface area contributed by atoms with Gasteiger partial charge in [0.1, 0.15) is 5.75 Å². The molecule has 0 aromatic heterocycles. The van der Waals surface area contributed by atoms with E-state index in [1.54, 1.807) is 18.2 Å². The number of oxime groups is 1. The summed E-state index contributed by atoms with van der Waals surface area (Å²) in [7, 11) is 0. The molecule has 0 aliphatic rings. The fourth-order valence-corrected chi connectivity index (χ4v) is 2.28. The van der Waals surface area contributed by atoms with Gasteiger partial charge in [-0.1, -0.05) is 49.3 Å². The number of hydrogen-bond donors (Lipinski definition) is 1. The molecule has 5 nitrogen and oxygen atoms in total. The second kappa shape index (κ2) is 9.50. The summed E-state index contributed by atoms with van der Waals surface area (Å²) in [6, 6.07) is 13.6. The monoisotopic (exact) mass is 362 g/mol. The first kappa shape index (κ1) is 19.4. The van der Waals surface area contributed by atoms with E-state index in [2.05, 4.69) is 15.2 Å². The van der Waals surface area contributed by atoms with Crippen LogP contribution in [0, 0.1) is 0 Å². The third-order valence-electron chi connectivity index (χ3n) is 3.45. The number of nitrogens with one attached hydrogen (secondary N) is 1. The van der Waals surface area contributed by atoms with Gasteiger partial charge >= 0.3 is 6.61 Å². The van der Waals surface area contributed by atoms with Gasteiger partial charge in [0.2, 0.25) is 0 Å². The van der Waals surface area contributed by atoms with Crippen molar-refractivity contribution in [3.63, 3.8) is 0 Å². The fourth-order valence-electron chi connectivity index (χ4n) is 2.28. The van der Waals surface area contributed by atoms with Crippen molar-refractivity contribution in [2.24, 2.45) is 5.16 Å². The van der Waals surface area contributed by atoms with Crippen LogP contribution < -0.4 is 10.1 Å². The molecule has 0 spiro atoms. The van der Waals surface area contributed by atoms with E-state index in [9.17, 15) is 13.6 Å². The van der Waals surface area contributed by atoms with Crippen LogP contribution in [0.3, 0.4) is 0 Å². The number of hydrogen-bond acceptors (Lipinski definition) is 4. The number of para-hydroxylation sites is 2. The maximum Gasteiger partial charge on any atom is 0.387 e. The van der Waals surface area contributed by atoms with E-state index in [1.165, 1.54) is 12.3 Å². The first-order valence-corrected chi connectivity index (χ1v) is 8.05. The topological polar surface area (TPSA) is 59.9 Å². The van der Waals surface area contributed by atoms with E-state index in [1.807, 2.05) is 38.1 Å². The zero-order valence-corrected chi connectivity index (χ0v) is 14.5. The SMILES string of the molecule is CC(C)c1ccccc1NC(=O)CO/N=C\c1ccccc1OC(F)F. The molecule has 7 heteroatoms. The molecule has 2 aromatic carbocycles. The molecule has 0 saturated heterocycles. The predicted molar refractivity (Wildman–Crippen MR) is 95.8 cm³/mol. The molecule has 0 saturated carbocycles. The lowest BCUT2D eigenvalue weighted by Gasteiger charge is -2.13. The normalized spacial score (nSPS) is 11.2. The molecule has 0 aliphatic carbocycles. The van der Waals surface area contributed by atoms with Gasteiger partial charge in [0.15, 0.2) is 6.61 Å². The number of rotatable bonds is 8. The number of anilines is 1. The van der Waals surface area contributed by atoms with E-state index in [4.69, 9.17) is 4.84 Å². The highest BCUT2D eigenvalue weighted by Crippen LogP contribution is 2.23. The van der Waals surface area contributed by atoms with E-state index < -0.39 is 6.61 Å². The Morgan fingerprint density at radius 1 is 1.15 bits per heavy atom. The average molecular weight is 362 g/mol. The van der Waals surface area contributed by atoms with Crippen molar-refractivity contribution in [2.45, 2.75) is 26.4 Å². The van der Waals surface area contributed by atoms with Crippen molar-refractivity contribution in [1.82, 2.24) is 0 Å². The molecule has 0 atom stereocenters. The number of ether oxygens (including phenoxy) is 1. The van der Waals surface area contributed by atoms with Crippen molar-refractivity contribution in [1.29, 1.82) is 0 Å². The van der Waals surface area contributed by atoms with Gasteiger partial charge in [-0.2, -0.15) is 8.78 Å². The van der Waals surface area contributed by atoms with Crippen molar-refractivity contribution < 1.29 is 23.1 Å². The first-order chi connectivity index (χ1) is 12.5. The molecular weight excluding hydrogens is 342 g/mol. The Morgan fingerprint density at radius 2 is 1.85 bits per heavy atom.